The predicted octanol–water partition coefficient (Wildman–Crippen LogP) is 4.68. The van der Waals surface area contributed by atoms with Gasteiger partial charge in [0.25, 0.3) is 5.91 Å². The van der Waals surface area contributed by atoms with E-state index in [1.165, 1.54) is 0 Å². The molecule has 0 saturated carbocycles. The van der Waals surface area contributed by atoms with Gasteiger partial charge in [0.2, 0.25) is 0 Å². The van der Waals surface area contributed by atoms with E-state index in [4.69, 9.17) is 23.2 Å². The molecule has 0 aliphatic rings. The number of benzene rings is 1. The molecule has 1 N–H and O–H groups in total. The van der Waals surface area contributed by atoms with Gasteiger partial charge in [-0.2, -0.15) is 0 Å². The Morgan fingerprint density at radius 3 is 2.44 bits per heavy atom. The van der Waals surface area contributed by atoms with Crippen LogP contribution in [0.15, 0.2) is 18.2 Å². The fourth-order valence-electron chi connectivity index (χ4n) is 1.64. The van der Waals surface area contributed by atoms with Crippen LogP contribution in [0.2, 0.25) is 10.0 Å². The number of amides is 1. The molecule has 1 amide bonds. The van der Waals surface area contributed by atoms with Crippen LogP contribution in [0, 0.1) is 0 Å². The molecule has 0 heterocycles. The largest absolute Gasteiger partial charge is 0.346 e. The summed E-state index contributed by atoms with van der Waals surface area (Å²) in [5, 5.41) is 4.43. The van der Waals surface area contributed by atoms with Gasteiger partial charge >= 0.3 is 0 Å². The van der Waals surface area contributed by atoms with Gasteiger partial charge in [0, 0.05) is 10.9 Å². The van der Waals surface area contributed by atoms with Crippen LogP contribution < -0.4 is 5.32 Å². The standard InChI is InChI=1S/C13H16BrCl2NO/c1-3-13(4-2,8-14)17-12(18)9-6-5-7-10(15)11(9)16/h5-7H,3-4,8H2,1-2H3,(H,17,18). The van der Waals surface area contributed by atoms with Crippen LogP contribution in [0.25, 0.3) is 0 Å². The molecule has 0 spiro atoms. The fourth-order valence-corrected chi connectivity index (χ4v) is 2.96. The SMILES string of the molecule is CCC(CC)(CBr)NC(=O)c1cccc(Cl)c1Cl. The van der Waals surface area contributed by atoms with Gasteiger partial charge in [-0.15, -0.1) is 0 Å². The summed E-state index contributed by atoms with van der Waals surface area (Å²) in [6.07, 6.45) is 1.69. The Kier molecular flexibility index (Phi) is 5.96. The highest BCUT2D eigenvalue weighted by Gasteiger charge is 2.28. The lowest BCUT2D eigenvalue weighted by Crippen LogP contribution is -2.49. The van der Waals surface area contributed by atoms with E-state index < -0.39 is 0 Å². The van der Waals surface area contributed by atoms with E-state index in [0.29, 0.717) is 20.9 Å². The minimum Gasteiger partial charge on any atom is -0.346 e. The van der Waals surface area contributed by atoms with E-state index >= 15 is 0 Å². The first kappa shape index (κ1) is 15.8. The molecule has 0 aliphatic heterocycles. The summed E-state index contributed by atoms with van der Waals surface area (Å²) in [7, 11) is 0. The van der Waals surface area contributed by atoms with Crippen molar-refractivity contribution in [3.8, 4) is 0 Å². The third kappa shape index (κ3) is 3.40. The molecule has 2 nitrogen and oxygen atoms in total. The minimum atomic E-state index is -0.247. The maximum atomic E-state index is 12.2. The second-order valence-electron chi connectivity index (χ2n) is 4.18. The summed E-state index contributed by atoms with van der Waals surface area (Å²) in [4.78, 5) is 12.2. The van der Waals surface area contributed by atoms with Gasteiger partial charge in [0.1, 0.15) is 0 Å². The predicted molar refractivity (Wildman–Crippen MR) is 81.0 cm³/mol. The molecule has 1 rings (SSSR count). The molecule has 1 aromatic rings. The first-order valence-corrected chi connectivity index (χ1v) is 7.70. The molecule has 0 atom stereocenters. The highest BCUT2D eigenvalue weighted by atomic mass is 79.9. The van der Waals surface area contributed by atoms with E-state index in [0.717, 1.165) is 12.8 Å². The van der Waals surface area contributed by atoms with Crippen LogP contribution in [0.1, 0.15) is 37.0 Å². The first-order chi connectivity index (χ1) is 8.49. The van der Waals surface area contributed by atoms with Crippen LogP contribution in [-0.2, 0) is 0 Å². The van der Waals surface area contributed by atoms with Crippen molar-refractivity contribution in [2.75, 3.05) is 5.33 Å². The smallest absolute Gasteiger partial charge is 0.253 e. The summed E-state index contributed by atoms with van der Waals surface area (Å²) < 4.78 is 0. The van der Waals surface area contributed by atoms with Crippen LogP contribution >= 0.6 is 39.1 Å². The molecule has 0 aliphatic carbocycles. The maximum absolute atomic E-state index is 12.2. The van der Waals surface area contributed by atoms with Gasteiger partial charge in [-0.25, -0.2) is 0 Å². The van der Waals surface area contributed by atoms with Gasteiger partial charge in [0.05, 0.1) is 15.6 Å². The Morgan fingerprint density at radius 1 is 1.33 bits per heavy atom. The van der Waals surface area contributed by atoms with Crippen LogP contribution in [0.5, 0.6) is 0 Å². The van der Waals surface area contributed by atoms with Crippen molar-refractivity contribution in [3.63, 3.8) is 0 Å². The zero-order chi connectivity index (χ0) is 13.8. The lowest BCUT2D eigenvalue weighted by molar-refractivity contribution is 0.0904. The summed E-state index contributed by atoms with van der Waals surface area (Å²) in [6, 6.07) is 5.06. The van der Waals surface area contributed by atoms with Crippen molar-refractivity contribution in [3.05, 3.63) is 33.8 Å². The lowest BCUT2D eigenvalue weighted by atomic mass is 9.95. The average Bonchev–Trinajstić information content (AvgIpc) is 2.39. The molecule has 0 radical (unpaired) electrons. The maximum Gasteiger partial charge on any atom is 0.253 e. The molecule has 18 heavy (non-hydrogen) atoms. The number of nitrogens with one attached hydrogen (secondary N) is 1. The average molecular weight is 353 g/mol. The van der Waals surface area contributed by atoms with Crippen molar-refractivity contribution in [1.82, 2.24) is 5.32 Å². The Bertz CT molecular complexity index is 425. The summed E-state index contributed by atoms with van der Waals surface area (Å²) in [5.74, 6) is -0.189. The normalized spacial score (nSPS) is 11.4. The van der Waals surface area contributed by atoms with Gasteiger partial charge in [-0.05, 0) is 25.0 Å². The summed E-state index contributed by atoms with van der Waals surface area (Å²) in [6.45, 7) is 4.09. The van der Waals surface area contributed by atoms with Crippen molar-refractivity contribution in [2.45, 2.75) is 32.2 Å². The van der Waals surface area contributed by atoms with Gasteiger partial charge in [-0.3, -0.25) is 4.79 Å². The van der Waals surface area contributed by atoms with Crippen molar-refractivity contribution >= 4 is 45.0 Å². The molecule has 0 aromatic heterocycles. The van der Waals surface area contributed by atoms with Crippen LogP contribution in [-0.4, -0.2) is 16.8 Å². The zero-order valence-electron chi connectivity index (χ0n) is 10.4. The Hall–Kier alpha value is -0.250. The third-order valence-electron chi connectivity index (χ3n) is 3.18. The Labute approximate surface area is 126 Å². The van der Waals surface area contributed by atoms with Gasteiger partial charge < -0.3 is 5.32 Å². The topological polar surface area (TPSA) is 29.1 Å². The molecule has 100 valence electrons. The molecule has 0 fully saturated rings. The van der Waals surface area contributed by atoms with E-state index in [1.54, 1.807) is 18.2 Å². The highest BCUT2D eigenvalue weighted by Crippen LogP contribution is 2.26. The van der Waals surface area contributed by atoms with Crippen LogP contribution in [0.4, 0.5) is 0 Å². The molecule has 5 heteroatoms. The lowest BCUT2D eigenvalue weighted by Gasteiger charge is -2.31. The van der Waals surface area contributed by atoms with E-state index in [1.807, 2.05) is 13.8 Å². The second kappa shape index (κ2) is 6.78. The summed E-state index contributed by atoms with van der Waals surface area (Å²) >= 11 is 15.4. The molecular formula is C13H16BrCl2NO. The summed E-state index contributed by atoms with van der Waals surface area (Å²) in [5.41, 5.74) is 0.166. The number of carbonyl (C=O) groups excluding carboxylic acids is 1. The Balaban J connectivity index is 2.98. The number of carbonyl (C=O) groups is 1. The monoisotopic (exact) mass is 351 g/mol. The quantitative estimate of drug-likeness (QED) is 0.766. The molecule has 0 unspecified atom stereocenters. The number of hydrogen-bond acceptors (Lipinski definition) is 1. The van der Waals surface area contributed by atoms with Crippen molar-refractivity contribution < 1.29 is 4.79 Å². The van der Waals surface area contributed by atoms with E-state index in [2.05, 4.69) is 21.2 Å². The number of hydrogen-bond donors (Lipinski definition) is 1. The zero-order valence-corrected chi connectivity index (χ0v) is 13.5. The molecular weight excluding hydrogens is 337 g/mol. The number of halogens is 3. The molecule has 0 bridgehead atoms. The number of alkyl halides is 1. The minimum absolute atomic E-state index is 0.189. The van der Waals surface area contributed by atoms with E-state index in [-0.39, 0.29) is 11.4 Å². The first-order valence-electron chi connectivity index (χ1n) is 5.82. The van der Waals surface area contributed by atoms with E-state index in [9.17, 15) is 4.79 Å². The highest BCUT2D eigenvalue weighted by molar-refractivity contribution is 9.09. The molecule has 0 saturated heterocycles. The third-order valence-corrected chi connectivity index (χ3v) is 5.08. The van der Waals surface area contributed by atoms with Crippen molar-refractivity contribution in [2.24, 2.45) is 0 Å². The number of rotatable bonds is 5. The molecule has 1 aromatic carbocycles. The fraction of sp³-hybridized carbons (Fsp3) is 0.462. The van der Waals surface area contributed by atoms with Gasteiger partial charge in [0.15, 0.2) is 0 Å². The Morgan fingerprint density at radius 2 is 1.94 bits per heavy atom. The van der Waals surface area contributed by atoms with Gasteiger partial charge in [-0.1, -0.05) is 59.0 Å². The second-order valence-corrected chi connectivity index (χ2v) is 5.52. The van der Waals surface area contributed by atoms with Crippen LogP contribution in [0.3, 0.4) is 0 Å². The van der Waals surface area contributed by atoms with Crippen molar-refractivity contribution in [1.29, 1.82) is 0 Å².